The Bertz CT molecular complexity index is 748. The number of nitrogens with one attached hydrogen (secondary N) is 1. The van der Waals surface area contributed by atoms with Gasteiger partial charge < -0.3 is 19.7 Å². The van der Waals surface area contributed by atoms with E-state index < -0.39 is 0 Å². The number of urea groups is 1. The van der Waals surface area contributed by atoms with Gasteiger partial charge in [-0.1, -0.05) is 43.3 Å². The summed E-state index contributed by atoms with van der Waals surface area (Å²) in [5.41, 5.74) is 1.82. The number of anilines is 1. The van der Waals surface area contributed by atoms with Gasteiger partial charge in [0.15, 0.2) is 11.5 Å². The second-order valence-electron chi connectivity index (χ2n) is 6.25. The zero-order chi connectivity index (χ0) is 16.5. The van der Waals surface area contributed by atoms with E-state index in [1.54, 1.807) is 0 Å². The zero-order valence-corrected chi connectivity index (χ0v) is 13.6. The minimum Gasteiger partial charge on any atom is -0.486 e. The van der Waals surface area contributed by atoms with Gasteiger partial charge in [0.25, 0.3) is 0 Å². The fourth-order valence-electron chi connectivity index (χ4n) is 3.42. The van der Waals surface area contributed by atoms with Crippen LogP contribution in [-0.2, 0) is 0 Å². The molecule has 2 aliphatic heterocycles. The highest BCUT2D eigenvalue weighted by Crippen LogP contribution is 2.41. The molecule has 2 atom stereocenters. The van der Waals surface area contributed by atoms with Gasteiger partial charge in [-0.25, -0.2) is 4.79 Å². The fourth-order valence-corrected chi connectivity index (χ4v) is 3.42. The van der Waals surface area contributed by atoms with Crippen molar-refractivity contribution in [2.24, 2.45) is 5.92 Å². The molecule has 5 nitrogen and oxygen atoms in total. The lowest BCUT2D eigenvalue weighted by atomic mass is 9.85. The van der Waals surface area contributed by atoms with Crippen LogP contribution >= 0.6 is 0 Å². The Morgan fingerprint density at radius 1 is 1.08 bits per heavy atom. The van der Waals surface area contributed by atoms with Crippen molar-refractivity contribution >= 4 is 11.7 Å². The smallest absolute Gasteiger partial charge is 0.322 e. The largest absolute Gasteiger partial charge is 0.486 e. The van der Waals surface area contributed by atoms with Gasteiger partial charge in [-0.15, -0.1) is 0 Å². The lowest BCUT2D eigenvalue weighted by molar-refractivity contribution is 0.0670. The van der Waals surface area contributed by atoms with E-state index in [-0.39, 0.29) is 12.1 Å². The Balaban J connectivity index is 1.53. The Morgan fingerprint density at radius 2 is 1.88 bits per heavy atom. The maximum atomic E-state index is 12.7. The number of amides is 2. The number of rotatable bonds is 2. The van der Waals surface area contributed by atoms with Crippen molar-refractivity contribution in [3.63, 3.8) is 0 Å². The average Bonchev–Trinajstić information content (AvgIpc) is 2.60. The van der Waals surface area contributed by atoms with Crippen molar-refractivity contribution in [2.45, 2.75) is 13.0 Å². The van der Waals surface area contributed by atoms with E-state index in [0.717, 1.165) is 6.54 Å². The number of benzene rings is 2. The molecule has 1 N–H and O–H groups in total. The van der Waals surface area contributed by atoms with Crippen LogP contribution in [0.4, 0.5) is 10.5 Å². The average molecular weight is 324 g/mol. The van der Waals surface area contributed by atoms with Crippen LogP contribution < -0.4 is 14.8 Å². The highest BCUT2D eigenvalue weighted by Gasteiger charge is 2.40. The Hall–Kier alpha value is -2.69. The minimum absolute atomic E-state index is 0.107. The van der Waals surface area contributed by atoms with Crippen molar-refractivity contribution in [3.05, 3.63) is 54.1 Å². The second kappa shape index (κ2) is 6.07. The number of fused-ring (bicyclic) bond motifs is 1. The lowest BCUT2D eigenvalue weighted by Crippen LogP contribution is -2.53. The number of hydrogen-bond donors (Lipinski definition) is 1. The first-order valence-electron chi connectivity index (χ1n) is 8.25. The summed E-state index contributed by atoms with van der Waals surface area (Å²) in [4.78, 5) is 14.6. The van der Waals surface area contributed by atoms with Crippen LogP contribution in [0.1, 0.15) is 18.5 Å². The third-order valence-corrected chi connectivity index (χ3v) is 4.57. The standard InChI is InChI=1S/C19H20N2O3/c1-13-12-21(17(13)14-6-3-2-4-7-14)19(22)20-15-8-5-9-16-18(15)24-11-10-23-16/h2-9,13,17H,10-12H2,1H3,(H,20,22)/t13-,17+/m0/s1. The van der Waals surface area contributed by atoms with Gasteiger partial charge in [0.05, 0.1) is 11.7 Å². The molecule has 4 rings (SSSR count). The molecule has 0 spiro atoms. The van der Waals surface area contributed by atoms with E-state index in [9.17, 15) is 4.79 Å². The van der Waals surface area contributed by atoms with Crippen molar-refractivity contribution in [1.29, 1.82) is 0 Å². The van der Waals surface area contributed by atoms with Crippen LogP contribution in [0.15, 0.2) is 48.5 Å². The molecule has 2 aliphatic rings. The van der Waals surface area contributed by atoms with Crippen molar-refractivity contribution in [1.82, 2.24) is 4.90 Å². The summed E-state index contributed by atoms with van der Waals surface area (Å²) in [6.45, 7) is 3.94. The molecule has 2 aromatic carbocycles. The van der Waals surface area contributed by atoms with Gasteiger partial charge in [0.1, 0.15) is 13.2 Å². The molecule has 0 aliphatic carbocycles. The highest BCUT2D eigenvalue weighted by molar-refractivity contribution is 5.92. The maximum Gasteiger partial charge on any atom is 0.322 e. The monoisotopic (exact) mass is 324 g/mol. The van der Waals surface area contributed by atoms with Crippen molar-refractivity contribution < 1.29 is 14.3 Å². The summed E-state index contributed by atoms with van der Waals surface area (Å²) in [5.74, 6) is 1.74. The van der Waals surface area contributed by atoms with Gasteiger partial charge in [-0.2, -0.15) is 0 Å². The van der Waals surface area contributed by atoms with Gasteiger partial charge in [-0.3, -0.25) is 0 Å². The number of para-hydroxylation sites is 1. The number of ether oxygens (including phenoxy) is 2. The summed E-state index contributed by atoms with van der Waals surface area (Å²) < 4.78 is 11.2. The number of likely N-dealkylation sites (tertiary alicyclic amines) is 1. The number of carbonyl (C=O) groups is 1. The van der Waals surface area contributed by atoms with E-state index in [1.807, 2.05) is 41.3 Å². The number of hydrogen-bond acceptors (Lipinski definition) is 3. The van der Waals surface area contributed by atoms with E-state index in [2.05, 4.69) is 24.4 Å². The Morgan fingerprint density at radius 3 is 2.67 bits per heavy atom. The Labute approximate surface area is 141 Å². The maximum absolute atomic E-state index is 12.7. The molecule has 24 heavy (non-hydrogen) atoms. The summed E-state index contributed by atoms with van der Waals surface area (Å²) in [5, 5.41) is 2.97. The first kappa shape index (κ1) is 14.9. The van der Waals surface area contributed by atoms with Crippen LogP contribution in [-0.4, -0.2) is 30.7 Å². The molecular formula is C19H20N2O3. The van der Waals surface area contributed by atoms with Crippen LogP contribution in [0.3, 0.4) is 0 Å². The van der Waals surface area contributed by atoms with Crippen molar-refractivity contribution in [2.75, 3.05) is 25.1 Å². The van der Waals surface area contributed by atoms with Gasteiger partial charge in [0.2, 0.25) is 0 Å². The topological polar surface area (TPSA) is 50.8 Å². The summed E-state index contributed by atoms with van der Waals surface area (Å²) in [7, 11) is 0. The molecule has 0 unspecified atom stereocenters. The molecule has 5 heteroatoms. The van der Waals surface area contributed by atoms with Gasteiger partial charge >= 0.3 is 6.03 Å². The number of carbonyl (C=O) groups excluding carboxylic acids is 1. The third-order valence-electron chi connectivity index (χ3n) is 4.57. The molecule has 1 fully saturated rings. The molecule has 2 heterocycles. The first-order chi connectivity index (χ1) is 11.7. The first-order valence-corrected chi connectivity index (χ1v) is 8.25. The van der Waals surface area contributed by atoms with Crippen LogP contribution in [0, 0.1) is 5.92 Å². The summed E-state index contributed by atoms with van der Waals surface area (Å²) in [6, 6.07) is 15.7. The fraction of sp³-hybridized carbons (Fsp3) is 0.316. The molecule has 0 radical (unpaired) electrons. The van der Waals surface area contributed by atoms with E-state index in [4.69, 9.17) is 9.47 Å². The molecule has 1 saturated heterocycles. The lowest BCUT2D eigenvalue weighted by Gasteiger charge is -2.46. The molecule has 0 aromatic heterocycles. The minimum atomic E-state index is -0.107. The van der Waals surface area contributed by atoms with Gasteiger partial charge in [-0.05, 0) is 23.6 Å². The van der Waals surface area contributed by atoms with Crippen molar-refractivity contribution in [3.8, 4) is 11.5 Å². The zero-order valence-electron chi connectivity index (χ0n) is 13.6. The molecule has 2 amide bonds. The van der Waals surface area contributed by atoms with Crippen LogP contribution in [0.2, 0.25) is 0 Å². The Kier molecular flexibility index (Phi) is 3.76. The number of nitrogens with zero attached hydrogens (tertiary/aromatic N) is 1. The predicted octanol–water partition coefficient (Wildman–Crippen LogP) is 3.68. The molecular weight excluding hydrogens is 304 g/mol. The van der Waals surface area contributed by atoms with Gasteiger partial charge in [0, 0.05) is 6.54 Å². The molecule has 124 valence electrons. The highest BCUT2D eigenvalue weighted by atomic mass is 16.6. The van der Waals surface area contributed by atoms with Crippen LogP contribution in [0.25, 0.3) is 0 Å². The third kappa shape index (κ3) is 2.56. The van der Waals surface area contributed by atoms with Crippen LogP contribution in [0.5, 0.6) is 11.5 Å². The molecule has 2 aromatic rings. The molecule has 0 bridgehead atoms. The summed E-state index contributed by atoms with van der Waals surface area (Å²) >= 11 is 0. The predicted molar refractivity (Wildman–Crippen MR) is 91.5 cm³/mol. The molecule has 0 saturated carbocycles. The van der Waals surface area contributed by atoms with E-state index >= 15 is 0 Å². The summed E-state index contributed by atoms with van der Waals surface area (Å²) in [6.07, 6.45) is 0. The van der Waals surface area contributed by atoms with E-state index in [0.29, 0.717) is 36.3 Å². The quantitative estimate of drug-likeness (QED) is 0.917. The van der Waals surface area contributed by atoms with E-state index in [1.165, 1.54) is 5.56 Å². The normalized spacial score (nSPS) is 21.8. The SMILES string of the molecule is C[C@H]1CN(C(=O)Nc2cccc3c2OCCO3)[C@H]1c1ccccc1. The second-order valence-corrected chi connectivity index (χ2v) is 6.25.